The maximum atomic E-state index is 9.68. The molecule has 0 aliphatic rings. The van der Waals surface area contributed by atoms with Crippen LogP contribution >= 0.6 is 0 Å². The van der Waals surface area contributed by atoms with Gasteiger partial charge in [0, 0.05) is 18.7 Å². The molecule has 0 aromatic carbocycles. The first kappa shape index (κ1) is 13.7. The fourth-order valence-electron chi connectivity index (χ4n) is 1.30. The predicted molar refractivity (Wildman–Crippen MR) is 67.1 cm³/mol. The van der Waals surface area contributed by atoms with Crippen LogP contribution in [0.25, 0.3) is 0 Å². The highest BCUT2D eigenvalue weighted by Gasteiger charge is 2.19. The number of hydrogen-bond donors (Lipinski definition) is 4. The zero-order chi connectivity index (χ0) is 12.9. The summed E-state index contributed by atoms with van der Waals surface area (Å²) < 4.78 is 0. The standard InChI is InChI=1S/C11H20N4O2/c1-4-12-9-8(2)10(15-7-14-9)13-5-11(3,17)6-16/h7,16-17H,4-6H2,1-3H3,(H2,12,13,14,15). The first-order valence-electron chi connectivity index (χ1n) is 5.62. The average molecular weight is 240 g/mol. The Morgan fingerprint density at radius 2 is 1.88 bits per heavy atom. The van der Waals surface area contributed by atoms with Crippen LogP contribution in [0, 0.1) is 6.92 Å². The van der Waals surface area contributed by atoms with E-state index in [9.17, 15) is 5.11 Å². The van der Waals surface area contributed by atoms with Gasteiger partial charge in [0.2, 0.25) is 0 Å². The minimum Gasteiger partial charge on any atom is -0.393 e. The van der Waals surface area contributed by atoms with Gasteiger partial charge >= 0.3 is 0 Å². The number of nitrogens with zero attached hydrogens (tertiary/aromatic N) is 2. The Kier molecular flexibility index (Phi) is 4.65. The van der Waals surface area contributed by atoms with Crippen molar-refractivity contribution in [2.24, 2.45) is 0 Å². The lowest BCUT2D eigenvalue weighted by Crippen LogP contribution is -2.37. The largest absolute Gasteiger partial charge is 0.393 e. The van der Waals surface area contributed by atoms with E-state index in [2.05, 4.69) is 20.6 Å². The third-order valence-electron chi connectivity index (χ3n) is 2.41. The van der Waals surface area contributed by atoms with Gasteiger partial charge in [0.25, 0.3) is 0 Å². The summed E-state index contributed by atoms with van der Waals surface area (Å²) in [4.78, 5) is 8.22. The zero-order valence-corrected chi connectivity index (χ0v) is 10.5. The number of aliphatic hydroxyl groups is 2. The molecular formula is C11H20N4O2. The van der Waals surface area contributed by atoms with E-state index in [0.717, 1.165) is 17.9 Å². The van der Waals surface area contributed by atoms with Crippen LogP contribution in [0.15, 0.2) is 6.33 Å². The lowest BCUT2D eigenvalue weighted by Gasteiger charge is -2.21. The van der Waals surface area contributed by atoms with Crippen LogP contribution in [0.4, 0.5) is 11.6 Å². The fourth-order valence-corrected chi connectivity index (χ4v) is 1.30. The highest BCUT2D eigenvalue weighted by molar-refractivity contribution is 5.56. The molecule has 0 saturated heterocycles. The van der Waals surface area contributed by atoms with E-state index in [0.29, 0.717) is 5.82 Å². The Balaban J connectivity index is 2.75. The Morgan fingerprint density at radius 3 is 2.41 bits per heavy atom. The van der Waals surface area contributed by atoms with E-state index in [4.69, 9.17) is 5.11 Å². The van der Waals surface area contributed by atoms with Crippen LogP contribution in [0.3, 0.4) is 0 Å². The molecule has 0 amide bonds. The van der Waals surface area contributed by atoms with Crippen molar-refractivity contribution in [1.29, 1.82) is 0 Å². The van der Waals surface area contributed by atoms with Crippen molar-refractivity contribution in [3.8, 4) is 0 Å². The van der Waals surface area contributed by atoms with Gasteiger partial charge in [0.1, 0.15) is 23.6 Å². The van der Waals surface area contributed by atoms with E-state index in [1.54, 1.807) is 6.92 Å². The van der Waals surface area contributed by atoms with Gasteiger partial charge in [0.05, 0.1) is 6.61 Å². The molecule has 6 nitrogen and oxygen atoms in total. The van der Waals surface area contributed by atoms with Crippen molar-refractivity contribution >= 4 is 11.6 Å². The molecule has 1 rings (SSSR count). The van der Waals surface area contributed by atoms with Crippen molar-refractivity contribution in [3.63, 3.8) is 0 Å². The Morgan fingerprint density at radius 1 is 1.29 bits per heavy atom. The second-order valence-corrected chi connectivity index (χ2v) is 4.23. The number of anilines is 2. The minimum atomic E-state index is -1.16. The van der Waals surface area contributed by atoms with Gasteiger partial charge in [-0.15, -0.1) is 0 Å². The maximum absolute atomic E-state index is 9.68. The van der Waals surface area contributed by atoms with Gasteiger partial charge in [-0.1, -0.05) is 0 Å². The monoisotopic (exact) mass is 240 g/mol. The van der Waals surface area contributed by atoms with E-state index in [1.807, 2.05) is 13.8 Å². The zero-order valence-electron chi connectivity index (χ0n) is 10.5. The molecule has 0 bridgehead atoms. The molecule has 1 unspecified atom stereocenters. The molecule has 17 heavy (non-hydrogen) atoms. The number of rotatable bonds is 6. The summed E-state index contributed by atoms with van der Waals surface area (Å²) in [6, 6.07) is 0. The average Bonchev–Trinajstić information content (AvgIpc) is 2.31. The van der Waals surface area contributed by atoms with Crippen LogP contribution in [0.1, 0.15) is 19.4 Å². The van der Waals surface area contributed by atoms with Crippen molar-refractivity contribution in [2.45, 2.75) is 26.4 Å². The molecule has 0 radical (unpaired) electrons. The van der Waals surface area contributed by atoms with Crippen LogP contribution in [0.5, 0.6) is 0 Å². The van der Waals surface area contributed by atoms with Crippen LogP contribution < -0.4 is 10.6 Å². The normalized spacial score (nSPS) is 14.2. The van der Waals surface area contributed by atoms with Gasteiger partial charge < -0.3 is 20.8 Å². The van der Waals surface area contributed by atoms with E-state index < -0.39 is 5.60 Å². The second-order valence-electron chi connectivity index (χ2n) is 4.23. The highest BCUT2D eigenvalue weighted by Crippen LogP contribution is 2.18. The van der Waals surface area contributed by atoms with Crippen LogP contribution in [-0.2, 0) is 0 Å². The van der Waals surface area contributed by atoms with Crippen LogP contribution in [-0.4, -0.2) is 45.5 Å². The summed E-state index contributed by atoms with van der Waals surface area (Å²) in [5, 5.41) is 24.7. The molecule has 0 saturated carbocycles. The van der Waals surface area contributed by atoms with Gasteiger partial charge in [-0.3, -0.25) is 0 Å². The lowest BCUT2D eigenvalue weighted by molar-refractivity contribution is 0.0131. The van der Waals surface area contributed by atoms with E-state index in [1.165, 1.54) is 6.33 Å². The third kappa shape index (κ3) is 3.83. The predicted octanol–water partition coefficient (Wildman–Crippen LogP) is 0.372. The number of hydrogen-bond acceptors (Lipinski definition) is 6. The summed E-state index contributed by atoms with van der Waals surface area (Å²) >= 11 is 0. The molecule has 0 aliphatic carbocycles. The van der Waals surface area contributed by atoms with Gasteiger partial charge in [0.15, 0.2) is 0 Å². The summed E-state index contributed by atoms with van der Waals surface area (Å²) in [7, 11) is 0. The Hall–Kier alpha value is -1.40. The molecule has 0 spiro atoms. The third-order valence-corrected chi connectivity index (χ3v) is 2.41. The molecule has 6 heteroatoms. The first-order valence-corrected chi connectivity index (χ1v) is 5.62. The highest BCUT2D eigenvalue weighted by atomic mass is 16.3. The topological polar surface area (TPSA) is 90.3 Å². The van der Waals surface area contributed by atoms with Crippen molar-refractivity contribution in [2.75, 3.05) is 30.3 Å². The minimum absolute atomic E-state index is 0.229. The van der Waals surface area contributed by atoms with Crippen molar-refractivity contribution in [1.82, 2.24) is 9.97 Å². The summed E-state index contributed by atoms with van der Waals surface area (Å²) in [6.07, 6.45) is 1.46. The Labute approximate surface area is 101 Å². The van der Waals surface area contributed by atoms with E-state index >= 15 is 0 Å². The SMILES string of the molecule is CCNc1ncnc(NCC(C)(O)CO)c1C. The van der Waals surface area contributed by atoms with Crippen molar-refractivity contribution in [3.05, 3.63) is 11.9 Å². The first-order chi connectivity index (χ1) is 8.00. The maximum Gasteiger partial charge on any atom is 0.134 e. The van der Waals surface area contributed by atoms with Gasteiger partial charge in [-0.05, 0) is 20.8 Å². The molecule has 4 N–H and O–H groups in total. The molecule has 0 aliphatic heterocycles. The molecule has 1 heterocycles. The van der Waals surface area contributed by atoms with Gasteiger partial charge in [-0.2, -0.15) is 0 Å². The number of aromatic nitrogens is 2. The molecule has 1 aromatic rings. The fraction of sp³-hybridized carbons (Fsp3) is 0.636. The molecule has 1 atom stereocenters. The molecule has 0 fully saturated rings. The number of aliphatic hydroxyl groups excluding tert-OH is 1. The molecular weight excluding hydrogens is 220 g/mol. The number of nitrogens with one attached hydrogen (secondary N) is 2. The van der Waals surface area contributed by atoms with E-state index in [-0.39, 0.29) is 13.2 Å². The molecule has 1 aromatic heterocycles. The Bertz CT molecular complexity index is 368. The summed E-state index contributed by atoms with van der Waals surface area (Å²) in [5.41, 5.74) is -0.265. The van der Waals surface area contributed by atoms with Gasteiger partial charge in [-0.25, -0.2) is 9.97 Å². The molecule has 96 valence electrons. The lowest BCUT2D eigenvalue weighted by atomic mass is 10.1. The summed E-state index contributed by atoms with van der Waals surface area (Å²) in [5.74, 6) is 1.43. The quantitative estimate of drug-likeness (QED) is 0.574. The summed E-state index contributed by atoms with van der Waals surface area (Å²) in [6.45, 7) is 6.16. The van der Waals surface area contributed by atoms with Crippen LogP contribution in [0.2, 0.25) is 0 Å². The van der Waals surface area contributed by atoms with Crippen molar-refractivity contribution < 1.29 is 10.2 Å². The smallest absolute Gasteiger partial charge is 0.134 e. The second kappa shape index (κ2) is 5.79.